The average molecular weight is 210 g/mol. The van der Waals surface area contributed by atoms with E-state index in [1.165, 1.54) is 0 Å². The summed E-state index contributed by atoms with van der Waals surface area (Å²) < 4.78 is 0. The molecular formula is C12H22N2O. The Morgan fingerprint density at radius 2 is 2.00 bits per heavy atom. The van der Waals surface area contributed by atoms with Crippen molar-refractivity contribution in [1.82, 2.24) is 5.32 Å². The van der Waals surface area contributed by atoms with Gasteiger partial charge in [0, 0.05) is 12.1 Å². The molecule has 3 nitrogen and oxygen atoms in total. The summed E-state index contributed by atoms with van der Waals surface area (Å²) in [6.45, 7) is 6.39. The standard InChI is InChI=1S/C12H22N2O/c1-11(2)7-9(11)14-10(15)12(3)6-4-5-8(12)13/h8-9H,4-7,13H2,1-3H3,(H,14,15). The number of rotatable bonds is 2. The molecule has 0 saturated heterocycles. The molecule has 0 aromatic rings. The van der Waals surface area contributed by atoms with E-state index in [0.29, 0.717) is 11.5 Å². The van der Waals surface area contributed by atoms with Gasteiger partial charge in [-0.2, -0.15) is 0 Å². The maximum atomic E-state index is 12.1. The van der Waals surface area contributed by atoms with Gasteiger partial charge in [0.15, 0.2) is 0 Å². The zero-order valence-corrected chi connectivity index (χ0v) is 9.97. The molecule has 2 aliphatic rings. The number of amides is 1. The third-order valence-electron chi connectivity index (χ3n) is 4.37. The van der Waals surface area contributed by atoms with Gasteiger partial charge in [0.1, 0.15) is 0 Å². The van der Waals surface area contributed by atoms with E-state index in [9.17, 15) is 4.79 Å². The predicted molar refractivity (Wildman–Crippen MR) is 60.3 cm³/mol. The molecule has 0 aliphatic heterocycles. The van der Waals surface area contributed by atoms with Gasteiger partial charge < -0.3 is 11.1 Å². The van der Waals surface area contributed by atoms with Crippen LogP contribution in [0, 0.1) is 10.8 Å². The first-order valence-corrected chi connectivity index (χ1v) is 5.93. The Labute approximate surface area is 91.8 Å². The molecule has 0 spiro atoms. The summed E-state index contributed by atoms with van der Waals surface area (Å²) in [7, 11) is 0. The van der Waals surface area contributed by atoms with Crippen molar-refractivity contribution >= 4 is 5.91 Å². The van der Waals surface area contributed by atoms with Gasteiger partial charge in [-0.15, -0.1) is 0 Å². The minimum absolute atomic E-state index is 0.0411. The number of carbonyl (C=O) groups is 1. The van der Waals surface area contributed by atoms with Crippen molar-refractivity contribution in [3.05, 3.63) is 0 Å². The van der Waals surface area contributed by atoms with E-state index in [1.807, 2.05) is 6.92 Å². The molecule has 3 heteroatoms. The molecule has 0 aromatic carbocycles. The maximum Gasteiger partial charge on any atom is 0.227 e. The SMILES string of the molecule is CC1(C)CC1NC(=O)C1(C)CCCC1N. The lowest BCUT2D eigenvalue weighted by molar-refractivity contribution is -0.130. The Balaban J connectivity index is 1.96. The summed E-state index contributed by atoms with van der Waals surface area (Å²) in [5, 5.41) is 3.14. The van der Waals surface area contributed by atoms with Crippen molar-refractivity contribution in [2.24, 2.45) is 16.6 Å². The van der Waals surface area contributed by atoms with E-state index >= 15 is 0 Å². The third kappa shape index (κ3) is 1.78. The van der Waals surface area contributed by atoms with Crippen LogP contribution < -0.4 is 11.1 Å². The molecule has 2 rings (SSSR count). The fraction of sp³-hybridized carbons (Fsp3) is 0.917. The summed E-state index contributed by atoms with van der Waals surface area (Å²) in [6.07, 6.45) is 4.11. The van der Waals surface area contributed by atoms with E-state index in [0.717, 1.165) is 25.7 Å². The monoisotopic (exact) mass is 210 g/mol. The van der Waals surface area contributed by atoms with E-state index in [-0.39, 0.29) is 17.4 Å². The number of nitrogens with one attached hydrogen (secondary N) is 1. The van der Waals surface area contributed by atoms with Crippen molar-refractivity contribution in [3.63, 3.8) is 0 Å². The lowest BCUT2D eigenvalue weighted by Gasteiger charge is -2.27. The summed E-state index contributed by atoms with van der Waals surface area (Å²) in [4.78, 5) is 12.1. The van der Waals surface area contributed by atoms with Crippen LogP contribution in [0.3, 0.4) is 0 Å². The lowest BCUT2D eigenvalue weighted by atomic mass is 9.84. The van der Waals surface area contributed by atoms with Crippen LogP contribution in [0.2, 0.25) is 0 Å². The van der Waals surface area contributed by atoms with E-state index in [2.05, 4.69) is 19.2 Å². The van der Waals surface area contributed by atoms with Crippen LogP contribution >= 0.6 is 0 Å². The molecule has 3 N–H and O–H groups in total. The largest absolute Gasteiger partial charge is 0.352 e. The molecule has 15 heavy (non-hydrogen) atoms. The molecule has 0 radical (unpaired) electrons. The van der Waals surface area contributed by atoms with Gasteiger partial charge in [-0.1, -0.05) is 20.3 Å². The normalized spacial score (nSPS) is 42.7. The fourth-order valence-electron chi connectivity index (χ4n) is 2.51. The zero-order chi connectivity index (χ0) is 11.3. The molecule has 2 aliphatic carbocycles. The number of carbonyl (C=O) groups excluding carboxylic acids is 1. The van der Waals surface area contributed by atoms with Gasteiger partial charge in [0.25, 0.3) is 0 Å². The Morgan fingerprint density at radius 3 is 2.40 bits per heavy atom. The highest BCUT2D eigenvalue weighted by molar-refractivity contribution is 5.84. The second-order valence-electron chi connectivity index (χ2n) is 6.13. The van der Waals surface area contributed by atoms with Gasteiger partial charge in [0.2, 0.25) is 5.91 Å². The summed E-state index contributed by atoms with van der Waals surface area (Å²) in [5.74, 6) is 0.170. The highest BCUT2D eigenvalue weighted by atomic mass is 16.2. The van der Waals surface area contributed by atoms with Crippen LogP contribution in [0.1, 0.15) is 46.5 Å². The average Bonchev–Trinajstić information content (AvgIpc) is 2.55. The first kappa shape index (κ1) is 10.9. The van der Waals surface area contributed by atoms with Gasteiger partial charge in [-0.05, 0) is 31.6 Å². The molecule has 2 saturated carbocycles. The van der Waals surface area contributed by atoms with Gasteiger partial charge in [0.05, 0.1) is 5.41 Å². The predicted octanol–water partition coefficient (Wildman–Crippen LogP) is 1.42. The van der Waals surface area contributed by atoms with Gasteiger partial charge >= 0.3 is 0 Å². The molecule has 0 bridgehead atoms. The van der Waals surface area contributed by atoms with Crippen molar-refractivity contribution in [3.8, 4) is 0 Å². The lowest BCUT2D eigenvalue weighted by Crippen LogP contribution is -2.48. The summed E-state index contributed by atoms with van der Waals surface area (Å²) in [6, 6.07) is 0.411. The minimum atomic E-state index is -0.321. The molecular weight excluding hydrogens is 188 g/mol. The Kier molecular flexibility index (Phi) is 2.34. The first-order valence-electron chi connectivity index (χ1n) is 5.93. The molecule has 0 heterocycles. The number of nitrogens with two attached hydrogens (primary N) is 1. The van der Waals surface area contributed by atoms with E-state index < -0.39 is 0 Å². The van der Waals surface area contributed by atoms with Crippen molar-refractivity contribution in [1.29, 1.82) is 0 Å². The second kappa shape index (κ2) is 3.21. The molecule has 2 fully saturated rings. The Bertz CT molecular complexity index is 287. The maximum absolute atomic E-state index is 12.1. The molecule has 1 amide bonds. The van der Waals surface area contributed by atoms with E-state index in [4.69, 9.17) is 5.73 Å². The Morgan fingerprint density at radius 1 is 1.40 bits per heavy atom. The molecule has 3 atom stereocenters. The van der Waals surface area contributed by atoms with Gasteiger partial charge in [-0.3, -0.25) is 4.79 Å². The van der Waals surface area contributed by atoms with Crippen LogP contribution in [0.25, 0.3) is 0 Å². The molecule has 86 valence electrons. The van der Waals surface area contributed by atoms with Gasteiger partial charge in [-0.25, -0.2) is 0 Å². The van der Waals surface area contributed by atoms with Crippen LogP contribution in [0.5, 0.6) is 0 Å². The zero-order valence-electron chi connectivity index (χ0n) is 9.97. The third-order valence-corrected chi connectivity index (χ3v) is 4.37. The highest BCUT2D eigenvalue weighted by Gasteiger charge is 2.50. The van der Waals surface area contributed by atoms with E-state index in [1.54, 1.807) is 0 Å². The van der Waals surface area contributed by atoms with Crippen LogP contribution in [0.15, 0.2) is 0 Å². The quantitative estimate of drug-likeness (QED) is 0.724. The summed E-state index contributed by atoms with van der Waals surface area (Å²) in [5.41, 5.74) is 6.00. The van der Waals surface area contributed by atoms with Crippen LogP contribution in [-0.2, 0) is 4.79 Å². The van der Waals surface area contributed by atoms with Crippen LogP contribution in [-0.4, -0.2) is 18.0 Å². The Hall–Kier alpha value is -0.570. The topological polar surface area (TPSA) is 55.1 Å². The van der Waals surface area contributed by atoms with Crippen molar-refractivity contribution in [2.45, 2.75) is 58.5 Å². The highest BCUT2D eigenvalue weighted by Crippen LogP contribution is 2.46. The first-order chi connectivity index (χ1) is 6.86. The summed E-state index contributed by atoms with van der Waals surface area (Å²) >= 11 is 0. The van der Waals surface area contributed by atoms with Crippen molar-refractivity contribution < 1.29 is 4.79 Å². The molecule has 3 unspecified atom stereocenters. The molecule has 0 aromatic heterocycles. The second-order valence-corrected chi connectivity index (χ2v) is 6.13. The smallest absolute Gasteiger partial charge is 0.227 e. The van der Waals surface area contributed by atoms with Crippen molar-refractivity contribution in [2.75, 3.05) is 0 Å². The number of hydrogen-bond donors (Lipinski definition) is 2. The number of hydrogen-bond acceptors (Lipinski definition) is 2. The van der Waals surface area contributed by atoms with Crippen LogP contribution in [0.4, 0.5) is 0 Å². The fourth-order valence-corrected chi connectivity index (χ4v) is 2.51. The minimum Gasteiger partial charge on any atom is -0.352 e.